The summed E-state index contributed by atoms with van der Waals surface area (Å²) in [4.78, 5) is 21.1. The number of amides is 1. The standard InChI is InChI=1S/C20H21F3N6O3/c1-24-17-9-16(13(10-25-17)19(30)28-31-3)26-15-6-4-5-12(14-7-8-29(2)27-14)18(15)32-11-20(21,22)23/h4-10H,11H2,1-3H3,(H,28,30)(H2,24,25,26). The lowest BCUT2D eigenvalue weighted by Crippen LogP contribution is -2.23. The van der Waals surface area contributed by atoms with Crippen molar-refractivity contribution in [2.75, 3.05) is 31.4 Å². The molecule has 0 aliphatic carbocycles. The number of pyridine rings is 1. The smallest absolute Gasteiger partial charge is 0.422 e. The van der Waals surface area contributed by atoms with Crippen LogP contribution in [0, 0.1) is 0 Å². The van der Waals surface area contributed by atoms with Crippen LogP contribution in [0.25, 0.3) is 11.3 Å². The molecule has 0 unspecified atom stereocenters. The molecular weight excluding hydrogens is 429 g/mol. The number of nitrogens with zero attached hydrogens (tertiary/aromatic N) is 3. The summed E-state index contributed by atoms with van der Waals surface area (Å²) in [7, 11) is 4.61. The third kappa shape index (κ3) is 5.46. The monoisotopic (exact) mass is 450 g/mol. The van der Waals surface area contributed by atoms with Crippen LogP contribution in [0.5, 0.6) is 5.75 Å². The number of carbonyl (C=O) groups is 1. The average molecular weight is 450 g/mol. The van der Waals surface area contributed by atoms with Crippen molar-refractivity contribution in [2.45, 2.75) is 6.18 Å². The van der Waals surface area contributed by atoms with Gasteiger partial charge in [0.05, 0.1) is 29.7 Å². The topological polar surface area (TPSA) is 102 Å². The highest BCUT2D eigenvalue weighted by molar-refractivity contribution is 6.00. The van der Waals surface area contributed by atoms with Gasteiger partial charge < -0.3 is 15.4 Å². The number of aromatic nitrogens is 3. The van der Waals surface area contributed by atoms with E-state index in [-0.39, 0.29) is 22.7 Å². The van der Waals surface area contributed by atoms with Gasteiger partial charge in [-0.05, 0) is 18.2 Å². The minimum Gasteiger partial charge on any atom is -0.481 e. The van der Waals surface area contributed by atoms with Crippen molar-refractivity contribution in [1.29, 1.82) is 0 Å². The molecule has 9 nitrogen and oxygen atoms in total. The maximum absolute atomic E-state index is 12.9. The number of aryl methyl sites for hydroxylation is 1. The van der Waals surface area contributed by atoms with Crippen molar-refractivity contribution >= 4 is 23.1 Å². The summed E-state index contributed by atoms with van der Waals surface area (Å²) in [5.74, 6) is -0.228. The van der Waals surface area contributed by atoms with Gasteiger partial charge in [-0.15, -0.1) is 0 Å². The third-order valence-electron chi connectivity index (χ3n) is 4.25. The van der Waals surface area contributed by atoms with Gasteiger partial charge in [-0.3, -0.25) is 14.3 Å². The highest BCUT2D eigenvalue weighted by Gasteiger charge is 2.30. The normalized spacial score (nSPS) is 11.2. The summed E-state index contributed by atoms with van der Waals surface area (Å²) in [5, 5.41) is 10.1. The Bertz CT molecular complexity index is 1100. The summed E-state index contributed by atoms with van der Waals surface area (Å²) in [6, 6.07) is 7.97. The van der Waals surface area contributed by atoms with Gasteiger partial charge in [0.15, 0.2) is 12.4 Å². The molecular formula is C20H21F3N6O3. The fraction of sp³-hybridized carbons (Fsp3) is 0.250. The summed E-state index contributed by atoms with van der Waals surface area (Å²) in [6.45, 7) is -1.50. The van der Waals surface area contributed by atoms with E-state index in [0.717, 1.165) is 0 Å². The number of rotatable bonds is 8. The van der Waals surface area contributed by atoms with Gasteiger partial charge in [-0.2, -0.15) is 18.3 Å². The Morgan fingerprint density at radius 3 is 2.62 bits per heavy atom. The van der Waals surface area contributed by atoms with Crippen LogP contribution in [0.4, 0.5) is 30.4 Å². The van der Waals surface area contributed by atoms with Gasteiger partial charge in [0.1, 0.15) is 5.82 Å². The van der Waals surface area contributed by atoms with E-state index in [2.05, 4.69) is 31.0 Å². The van der Waals surface area contributed by atoms with Gasteiger partial charge in [0, 0.05) is 38.1 Å². The number of halogens is 3. The van der Waals surface area contributed by atoms with Gasteiger partial charge >= 0.3 is 6.18 Å². The number of nitrogens with one attached hydrogen (secondary N) is 3. The molecule has 1 aromatic carbocycles. The Morgan fingerprint density at radius 2 is 2.00 bits per heavy atom. The van der Waals surface area contributed by atoms with E-state index in [1.54, 1.807) is 38.5 Å². The highest BCUT2D eigenvalue weighted by atomic mass is 19.4. The van der Waals surface area contributed by atoms with Crippen LogP contribution in [0.3, 0.4) is 0 Å². The van der Waals surface area contributed by atoms with E-state index in [4.69, 9.17) is 4.74 Å². The molecule has 0 radical (unpaired) electrons. The molecule has 3 rings (SSSR count). The fourth-order valence-electron chi connectivity index (χ4n) is 2.87. The summed E-state index contributed by atoms with van der Waals surface area (Å²) in [5.41, 5.74) is 3.56. The van der Waals surface area contributed by atoms with E-state index in [9.17, 15) is 18.0 Å². The number of ether oxygens (including phenoxy) is 1. The van der Waals surface area contributed by atoms with E-state index >= 15 is 0 Å². The molecule has 3 aromatic rings. The van der Waals surface area contributed by atoms with Crippen molar-refractivity contribution in [3.8, 4) is 17.0 Å². The number of benzene rings is 1. The Labute approximate surface area is 181 Å². The molecule has 0 fully saturated rings. The number of carbonyl (C=O) groups excluding carboxylic acids is 1. The zero-order valence-corrected chi connectivity index (χ0v) is 17.4. The molecule has 0 aliphatic rings. The summed E-state index contributed by atoms with van der Waals surface area (Å²) in [6.07, 6.45) is -1.58. The average Bonchev–Trinajstić information content (AvgIpc) is 3.18. The third-order valence-corrected chi connectivity index (χ3v) is 4.25. The molecule has 12 heteroatoms. The summed E-state index contributed by atoms with van der Waals surface area (Å²) < 4.78 is 45.5. The zero-order chi connectivity index (χ0) is 23.3. The van der Waals surface area contributed by atoms with E-state index in [1.807, 2.05) is 0 Å². The Hall–Kier alpha value is -3.80. The molecule has 0 saturated heterocycles. The molecule has 0 bridgehead atoms. The molecule has 0 aliphatic heterocycles. The fourth-order valence-corrected chi connectivity index (χ4v) is 2.87. The van der Waals surface area contributed by atoms with E-state index in [1.165, 1.54) is 30.1 Å². The maximum Gasteiger partial charge on any atom is 0.422 e. The number of anilines is 3. The number of para-hydroxylation sites is 1. The lowest BCUT2D eigenvalue weighted by atomic mass is 10.1. The predicted molar refractivity (Wildman–Crippen MR) is 112 cm³/mol. The number of hydrogen-bond acceptors (Lipinski definition) is 7. The first-order valence-corrected chi connectivity index (χ1v) is 9.32. The van der Waals surface area contributed by atoms with Crippen LogP contribution in [-0.2, 0) is 11.9 Å². The second-order valence-corrected chi connectivity index (χ2v) is 6.59. The molecule has 2 aromatic heterocycles. The quantitative estimate of drug-likeness (QED) is 0.452. The first-order valence-electron chi connectivity index (χ1n) is 9.32. The first-order chi connectivity index (χ1) is 15.2. The molecule has 0 atom stereocenters. The minimum atomic E-state index is -4.55. The Balaban J connectivity index is 2.08. The zero-order valence-electron chi connectivity index (χ0n) is 17.4. The number of alkyl halides is 3. The second kappa shape index (κ2) is 9.56. The Morgan fingerprint density at radius 1 is 1.22 bits per heavy atom. The van der Waals surface area contributed by atoms with Crippen LogP contribution in [-0.4, -0.2) is 47.6 Å². The second-order valence-electron chi connectivity index (χ2n) is 6.59. The van der Waals surface area contributed by atoms with E-state index < -0.39 is 18.7 Å². The summed E-state index contributed by atoms with van der Waals surface area (Å²) >= 11 is 0. The van der Waals surface area contributed by atoms with Crippen LogP contribution in [0.2, 0.25) is 0 Å². The number of hydrogen-bond donors (Lipinski definition) is 3. The van der Waals surface area contributed by atoms with E-state index in [0.29, 0.717) is 17.1 Å². The number of hydroxylamine groups is 1. The molecule has 1 amide bonds. The van der Waals surface area contributed by atoms with Gasteiger partial charge in [0.2, 0.25) is 0 Å². The predicted octanol–water partition coefficient (Wildman–Crippen LogP) is 3.50. The highest BCUT2D eigenvalue weighted by Crippen LogP contribution is 2.39. The molecule has 2 heterocycles. The molecule has 170 valence electrons. The lowest BCUT2D eigenvalue weighted by Gasteiger charge is -2.19. The lowest BCUT2D eigenvalue weighted by molar-refractivity contribution is -0.153. The largest absolute Gasteiger partial charge is 0.481 e. The molecule has 3 N–H and O–H groups in total. The van der Waals surface area contributed by atoms with Crippen molar-refractivity contribution in [1.82, 2.24) is 20.2 Å². The van der Waals surface area contributed by atoms with Crippen LogP contribution in [0.15, 0.2) is 42.7 Å². The van der Waals surface area contributed by atoms with Gasteiger partial charge in [0.25, 0.3) is 5.91 Å². The van der Waals surface area contributed by atoms with Crippen molar-refractivity contribution < 1.29 is 27.5 Å². The van der Waals surface area contributed by atoms with Gasteiger partial charge in [-0.1, -0.05) is 6.07 Å². The SMILES string of the molecule is CNc1cc(Nc2cccc(-c3ccn(C)n3)c2OCC(F)(F)F)c(C(=O)NOC)cn1. The molecule has 32 heavy (non-hydrogen) atoms. The van der Waals surface area contributed by atoms with Crippen LogP contribution < -0.4 is 20.9 Å². The van der Waals surface area contributed by atoms with Crippen LogP contribution >= 0.6 is 0 Å². The van der Waals surface area contributed by atoms with Crippen molar-refractivity contribution in [3.05, 3.63) is 48.3 Å². The van der Waals surface area contributed by atoms with Crippen LogP contribution in [0.1, 0.15) is 10.4 Å². The van der Waals surface area contributed by atoms with Crippen molar-refractivity contribution in [3.63, 3.8) is 0 Å². The Kier molecular flexibility index (Phi) is 6.83. The molecule has 0 spiro atoms. The minimum absolute atomic E-state index is 0.0653. The maximum atomic E-state index is 12.9. The van der Waals surface area contributed by atoms with Gasteiger partial charge in [-0.25, -0.2) is 10.5 Å². The van der Waals surface area contributed by atoms with Crippen molar-refractivity contribution in [2.24, 2.45) is 7.05 Å². The molecule has 0 saturated carbocycles. The first kappa shape index (κ1) is 22.9.